The lowest BCUT2D eigenvalue weighted by Crippen LogP contribution is -2.00. The van der Waals surface area contributed by atoms with Crippen LogP contribution in [0.5, 0.6) is 5.75 Å². The third-order valence-electron chi connectivity index (χ3n) is 5.14. The van der Waals surface area contributed by atoms with Crippen molar-refractivity contribution in [1.82, 2.24) is 0 Å². The zero-order valence-corrected chi connectivity index (χ0v) is 17.6. The Morgan fingerprint density at radius 1 is 0.750 bits per heavy atom. The number of rotatable bonds is 8. The van der Waals surface area contributed by atoms with Crippen molar-refractivity contribution in [2.75, 3.05) is 6.61 Å². The van der Waals surface area contributed by atoms with E-state index in [-0.39, 0.29) is 6.42 Å². The topological polar surface area (TPSA) is 46.5 Å². The van der Waals surface area contributed by atoms with E-state index >= 15 is 0 Å². The monoisotopic (exact) mass is 420 g/mol. The summed E-state index contributed by atoms with van der Waals surface area (Å²) in [4.78, 5) is 11.0. The summed E-state index contributed by atoms with van der Waals surface area (Å²) in [5.74, 6) is -0.0716. The van der Waals surface area contributed by atoms with Crippen LogP contribution in [0.3, 0.4) is 0 Å². The normalized spacial score (nSPS) is 10.9. The number of benzene rings is 4. The predicted molar refractivity (Wildman–Crippen MR) is 130 cm³/mol. The zero-order chi connectivity index (χ0) is 22.2. The molecule has 158 valence electrons. The summed E-state index contributed by atoms with van der Waals surface area (Å²) in [7, 11) is 0. The first-order valence-corrected chi connectivity index (χ1v) is 10.5. The number of carbonyl (C=O) groups is 1. The molecule has 0 saturated heterocycles. The Kier molecular flexibility index (Phi) is 6.78. The molecule has 3 nitrogen and oxygen atoms in total. The van der Waals surface area contributed by atoms with Crippen molar-refractivity contribution in [3.8, 4) is 28.0 Å². The molecule has 0 heterocycles. The average molecular weight is 421 g/mol. The van der Waals surface area contributed by atoms with Crippen molar-refractivity contribution in [2.24, 2.45) is 0 Å². The Bertz CT molecular complexity index is 1210. The number of ether oxygens (including phenoxy) is 1. The SMILES string of the molecule is O=C(O)Cc1cccc(-c2ccccc2OC/C=C/c2ccc(-c3ccccc3)cc2)c1. The van der Waals surface area contributed by atoms with E-state index in [1.807, 2.05) is 78.9 Å². The molecule has 0 bridgehead atoms. The first-order chi connectivity index (χ1) is 15.7. The smallest absolute Gasteiger partial charge is 0.307 e. The molecule has 32 heavy (non-hydrogen) atoms. The lowest BCUT2D eigenvalue weighted by Gasteiger charge is -2.11. The molecule has 0 aromatic heterocycles. The number of hydrogen-bond donors (Lipinski definition) is 1. The van der Waals surface area contributed by atoms with E-state index < -0.39 is 5.97 Å². The van der Waals surface area contributed by atoms with Crippen molar-refractivity contribution < 1.29 is 14.6 Å². The molecule has 3 heteroatoms. The van der Waals surface area contributed by atoms with Gasteiger partial charge in [0.15, 0.2) is 0 Å². The standard InChI is InChI=1S/C29H24O3/c30-29(31)21-23-8-6-12-26(20-23)27-13-4-5-14-28(27)32-19-7-9-22-15-17-25(18-16-22)24-10-2-1-3-11-24/h1-18,20H,19,21H2,(H,30,31)/b9-7+. The summed E-state index contributed by atoms with van der Waals surface area (Å²) in [6, 6.07) is 34.1. The van der Waals surface area contributed by atoms with Crippen LogP contribution in [0.4, 0.5) is 0 Å². The highest BCUT2D eigenvalue weighted by Gasteiger charge is 2.07. The van der Waals surface area contributed by atoms with Gasteiger partial charge in [-0.2, -0.15) is 0 Å². The van der Waals surface area contributed by atoms with Gasteiger partial charge in [-0.25, -0.2) is 0 Å². The molecule has 0 radical (unpaired) electrons. The van der Waals surface area contributed by atoms with Crippen LogP contribution >= 0.6 is 0 Å². The molecule has 1 N–H and O–H groups in total. The van der Waals surface area contributed by atoms with Crippen LogP contribution in [0.2, 0.25) is 0 Å². The maximum atomic E-state index is 11.0. The summed E-state index contributed by atoms with van der Waals surface area (Å²) >= 11 is 0. The molecular formula is C29H24O3. The van der Waals surface area contributed by atoms with Crippen molar-refractivity contribution in [3.63, 3.8) is 0 Å². The van der Waals surface area contributed by atoms with Crippen molar-refractivity contribution in [2.45, 2.75) is 6.42 Å². The van der Waals surface area contributed by atoms with Gasteiger partial charge in [0.1, 0.15) is 12.4 Å². The highest BCUT2D eigenvalue weighted by atomic mass is 16.5. The van der Waals surface area contributed by atoms with Gasteiger partial charge < -0.3 is 9.84 Å². The number of carboxylic acids is 1. The minimum absolute atomic E-state index is 0.00264. The number of carboxylic acid groups (broad SMARTS) is 1. The van der Waals surface area contributed by atoms with Crippen LogP contribution in [0.25, 0.3) is 28.3 Å². The second-order valence-electron chi connectivity index (χ2n) is 7.47. The second-order valence-corrected chi connectivity index (χ2v) is 7.47. The Labute approximate surface area is 188 Å². The van der Waals surface area contributed by atoms with Gasteiger partial charge in [0.25, 0.3) is 0 Å². The Balaban J connectivity index is 1.42. The third-order valence-corrected chi connectivity index (χ3v) is 5.14. The molecule has 4 aromatic carbocycles. The average Bonchev–Trinajstić information content (AvgIpc) is 2.83. The second kappa shape index (κ2) is 10.3. The van der Waals surface area contributed by atoms with Crippen LogP contribution in [-0.2, 0) is 11.2 Å². The molecule has 0 amide bonds. The van der Waals surface area contributed by atoms with Crippen molar-refractivity contribution >= 4 is 12.0 Å². The summed E-state index contributed by atoms with van der Waals surface area (Å²) in [5.41, 5.74) is 6.17. The fraction of sp³-hybridized carbons (Fsp3) is 0.0690. The lowest BCUT2D eigenvalue weighted by molar-refractivity contribution is -0.136. The van der Waals surface area contributed by atoms with Gasteiger partial charge in [-0.15, -0.1) is 0 Å². The summed E-state index contributed by atoms with van der Waals surface area (Å²) < 4.78 is 6.02. The van der Waals surface area contributed by atoms with Crippen LogP contribution in [0, 0.1) is 0 Å². The first kappa shape index (κ1) is 21.1. The fourth-order valence-electron chi connectivity index (χ4n) is 3.59. The first-order valence-electron chi connectivity index (χ1n) is 10.5. The predicted octanol–water partition coefficient (Wildman–Crippen LogP) is 6.74. The van der Waals surface area contributed by atoms with Crippen LogP contribution in [0.1, 0.15) is 11.1 Å². The number of para-hydroxylation sites is 1. The third kappa shape index (κ3) is 5.52. The van der Waals surface area contributed by atoms with Crippen LogP contribution in [-0.4, -0.2) is 17.7 Å². The number of aliphatic carboxylic acids is 1. The van der Waals surface area contributed by atoms with Crippen LogP contribution in [0.15, 0.2) is 109 Å². The molecule has 0 aliphatic carbocycles. The molecule has 4 rings (SSSR count). The van der Waals surface area contributed by atoms with E-state index in [2.05, 4.69) is 36.4 Å². The molecule has 0 unspecified atom stereocenters. The van der Waals surface area contributed by atoms with Gasteiger partial charge in [0.05, 0.1) is 6.42 Å². The molecule has 0 aliphatic heterocycles. The minimum Gasteiger partial charge on any atom is -0.489 e. The van der Waals surface area contributed by atoms with Gasteiger partial charge in [-0.1, -0.05) is 103 Å². The van der Waals surface area contributed by atoms with E-state index in [1.54, 1.807) is 0 Å². The van der Waals surface area contributed by atoms with E-state index in [4.69, 9.17) is 9.84 Å². The van der Waals surface area contributed by atoms with E-state index in [9.17, 15) is 4.79 Å². The number of hydrogen-bond acceptors (Lipinski definition) is 2. The summed E-state index contributed by atoms with van der Waals surface area (Å²) in [6.45, 7) is 0.437. The molecular weight excluding hydrogens is 396 g/mol. The van der Waals surface area contributed by atoms with Gasteiger partial charge in [0, 0.05) is 5.56 Å². The quantitative estimate of drug-likeness (QED) is 0.343. The largest absolute Gasteiger partial charge is 0.489 e. The van der Waals surface area contributed by atoms with E-state index in [1.165, 1.54) is 11.1 Å². The maximum absolute atomic E-state index is 11.0. The van der Waals surface area contributed by atoms with Crippen LogP contribution < -0.4 is 4.74 Å². The summed E-state index contributed by atoms with van der Waals surface area (Å²) in [5, 5.41) is 9.06. The Morgan fingerprint density at radius 2 is 1.44 bits per heavy atom. The van der Waals surface area contributed by atoms with Crippen molar-refractivity contribution in [1.29, 1.82) is 0 Å². The highest BCUT2D eigenvalue weighted by Crippen LogP contribution is 2.30. The van der Waals surface area contributed by atoms with Gasteiger partial charge in [0.2, 0.25) is 0 Å². The maximum Gasteiger partial charge on any atom is 0.307 e. The van der Waals surface area contributed by atoms with Gasteiger partial charge in [-0.3, -0.25) is 4.79 Å². The molecule has 4 aromatic rings. The van der Waals surface area contributed by atoms with Gasteiger partial charge >= 0.3 is 5.97 Å². The molecule has 0 atom stereocenters. The molecule has 0 saturated carbocycles. The highest BCUT2D eigenvalue weighted by molar-refractivity contribution is 5.74. The Morgan fingerprint density at radius 3 is 2.22 bits per heavy atom. The van der Waals surface area contributed by atoms with Crippen molar-refractivity contribution in [3.05, 3.63) is 120 Å². The zero-order valence-electron chi connectivity index (χ0n) is 17.6. The fourth-order valence-corrected chi connectivity index (χ4v) is 3.59. The van der Waals surface area contributed by atoms with E-state index in [0.717, 1.165) is 28.0 Å². The van der Waals surface area contributed by atoms with Gasteiger partial charge in [-0.05, 0) is 40.0 Å². The van der Waals surface area contributed by atoms with E-state index in [0.29, 0.717) is 6.61 Å². The molecule has 0 aliphatic rings. The lowest BCUT2D eigenvalue weighted by atomic mass is 10.0. The summed E-state index contributed by atoms with van der Waals surface area (Å²) in [6.07, 6.45) is 4.04. The molecule has 0 spiro atoms. The molecule has 0 fully saturated rings. The minimum atomic E-state index is -0.839. The Hall–Kier alpha value is -4.11.